The molecule has 0 aliphatic carbocycles. The standard InChI is InChI=1S/C18H22FNO3/c1-3-18(17(22)23-2)15-9-8-14(10-16(18)21)20(15)11-12-4-6-13(19)7-5-12/h4-7,14-15H,3,8-11H2,1-2H3/t14-,15-,18-/m1/s1. The molecule has 4 nitrogen and oxygen atoms in total. The summed E-state index contributed by atoms with van der Waals surface area (Å²) in [4.78, 5) is 27.4. The molecular formula is C18H22FNO3. The van der Waals surface area contributed by atoms with Gasteiger partial charge in [0.05, 0.1) is 7.11 Å². The second-order valence-electron chi connectivity index (χ2n) is 6.49. The monoisotopic (exact) mass is 319 g/mol. The number of carbonyl (C=O) groups is 2. The maximum Gasteiger partial charge on any atom is 0.320 e. The summed E-state index contributed by atoms with van der Waals surface area (Å²) in [7, 11) is 1.35. The fourth-order valence-corrected chi connectivity index (χ4v) is 4.32. The Balaban J connectivity index is 1.92. The van der Waals surface area contributed by atoms with Crippen molar-refractivity contribution in [3.05, 3.63) is 35.6 Å². The average Bonchev–Trinajstić information content (AvgIpc) is 2.86. The van der Waals surface area contributed by atoms with Gasteiger partial charge in [-0.1, -0.05) is 19.1 Å². The highest BCUT2D eigenvalue weighted by atomic mass is 19.1. The van der Waals surface area contributed by atoms with E-state index in [0.717, 1.165) is 18.4 Å². The molecule has 3 atom stereocenters. The van der Waals surface area contributed by atoms with Crippen LogP contribution in [0, 0.1) is 11.2 Å². The largest absolute Gasteiger partial charge is 0.468 e. The zero-order valence-corrected chi connectivity index (χ0v) is 13.5. The molecule has 0 spiro atoms. The molecule has 3 rings (SSSR count). The number of ether oxygens (including phenoxy) is 1. The Hall–Kier alpha value is -1.75. The molecule has 2 heterocycles. The molecule has 1 aromatic rings. The van der Waals surface area contributed by atoms with E-state index >= 15 is 0 Å². The number of piperidine rings is 1. The Morgan fingerprint density at radius 2 is 2.04 bits per heavy atom. The van der Waals surface area contributed by atoms with Gasteiger partial charge in [0, 0.05) is 25.0 Å². The van der Waals surface area contributed by atoms with Crippen LogP contribution in [0.15, 0.2) is 24.3 Å². The molecule has 2 saturated heterocycles. The molecule has 0 amide bonds. The van der Waals surface area contributed by atoms with Gasteiger partial charge in [-0.2, -0.15) is 0 Å². The predicted molar refractivity (Wildman–Crippen MR) is 83.1 cm³/mol. The second kappa shape index (κ2) is 6.04. The van der Waals surface area contributed by atoms with Crippen molar-refractivity contribution in [2.24, 2.45) is 5.41 Å². The third-order valence-corrected chi connectivity index (χ3v) is 5.52. The van der Waals surface area contributed by atoms with Gasteiger partial charge >= 0.3 is 5.97 Å². The van der Waals surface area contributed by atoms with Gasteiger partial charge in [-0.05, 0) is 37.0 Å². The topological polar surface area (TPSA) is 46.6 Å². The van der Waals surface area contributed by atoms with Gasteiger partial charge in [-0.3, -0.25) is 14.5 Å². The van der Waals surface area contributed by atoms with Crippen molar-refractivity contribution in [3.8, 4) is 0 Å². The summed E-state index contributed by atoms with van der Waals surface area (Å²) in [6.07, 6.45) is 2.58. The Kier molecular flexibility index (Phi) is 4.23. The van der Waals surface area contributed by atoms with E-state index in [4.69, 9.17) is 4.74 Å². The highest BCUT2D eigenvalue weighted by molar-refractivity contribution is 6.05. The van der Waals surface area contributed by atoms with E-state index < -0.39 is 11.4 Å². The normalized spacial score (nSPS) is 30.5. The lowest BCUT2D eigenvalue weighted by molar-refractivity contribution is -0.167. The Morgan fingerprint density at radius 3 is 2.65 bits per heavy atom. The summed E-state index contributed by atoms with van der Waals surface area (Å²) in [5.74, 6) is -0.669. The minimum absolute atomic E-state index is 0.00899. The van der Waals surface area contributed by atoms with Gasteiger partial charge in [0.25, 0.3) is 0 Å². The first-order valence-electron chi connectivity index (χ1n) is 8.14. The van der Waals surface area contributed by atoms with E-state index in [1.165, 1.54) is 19.2 Å². The SMILES string of the molecule is CC[C@]1(C(=O)OC)C(=O)C[C@H]2CC[C@H]1N2Cc1ccc(F)cc1. The number of halogens is 1. The van der Waals surface area contributed by atoms with Crippen LogP contribution < -0.4 is 0 Å². The number of hydrogen-bond donors (Lipinski definition) is 0. The summed E-state index contributed by atoms with van der Waals surface area (Å²) in [5, 5.41) is 0. The van der Waals surface area contributed by atoms with Crippen LogP contribution in [0.4, 0.5) is 4.39 Å². The zero-order chi connectivity index (χ0) is 16.6. The number of benzene rings is 1. The lowest BCUT2D eigenvalue weighted by Crippen LogP contribution is -2.59. The molecule has 0 radical (unpaired) electrons. The van der Waals surface area contributed by atoms with Gasteiger partial charge in [-0.25, -0.2) is 4.39 Å². The third-order valence-electron chi connectivity index (χ3n) is 5.52. The lowest BCUT2D eigenvalue weighted by Gasteiger charge is -2.45. The van der Waals surface area contributed by atoms with Gasteiger partial charge in [0.15, 0.2) is 5.78 Å². The van der Waals surface area contributed by atoms with Crippen molar-refractivity contribution in [3.63, 3.8) is 0 Å². The number of fused-ring (bicyclic) bond motifs is 2. The summed E-state index contributed by atoms with van der Waals surface area (Å²) in [5.41, 5.74) is -0.0607. The minimum atomic E-state index is -1.05. The Morgan fingerprint density at radius 1 is 1.35 bits per heavy atom. The van der Waals surface area contributed by atoms with E-state index in [2.05, 4.69) is 4.90 Å². The van der Waals surface area contributed by atoms with E-state index in [-0.39, 0.29) is 23.7 Å². The molecule has 0 saturated carbocycles. The molecule has 124 valence electrons. The van der Waals surface area contributed by atoms with Gasteiger partial charge in [0.1, 0.15) is 11.2 Å². The average molecular weight is 319 g/mol. The highest BCUT2D eigenvalue weighted by Crippen LogP contribution is 2.47. The molecule has 2 aliphatic rings. The molecule has 5 heteroatoms. The summed E-state index contributed by atoms with van der Waals surface area (Å²) in [6.45, 7) is 2.51. The van der Waals surface area contributed by atoms with Crippen molar-refractivity contribution in [1.29, 1.82) is 0 Å². The van der Waals surface area contributed by atoms with Crippen molar-refractivity contribution < 1.29 is 18.7 Å². The zero-order valence-electron chi connectivity index (χ0n) is 13.5. The number of hydrogen-bond acceptors (Lipinski definition) is 4. The van der Waals surface area contributed by atoms with Crippen LogP contribution in [0.3, 0.4) is 0 Å². The summed E-state index contributed by atoms with van der Waals surface area (Å²) < 4.78 is 18.1. The first kappa shape index (κ1) is 16.1. The number of rotatable bonds is 4. The first-order valence-corrected chi connectivity index (χ1v) is 8.14. The molecule has 0 unspecified atom stereocenters. The molecule has 23 heavy (non-hydrogen) atoms. The van der Waals surface area contributed by atoms with E-state index in [0.29, 0.717) is 19.4 Å². The Labute approximate surface area is 135 Å². The maximum absolute atomic E-state index is 13.1. The van der Waals surface area contributed by atoms with Crippen LogP contribution in [0.5, 0.6) is 0 Å². The van der Waals surface area contributed by atoms with Crippen LogP contribution in [0.2, 0.25) is 0 Å². The van der Waals surface area contributed by atoms with Crippen LogP contribution in [-0.4, -0.2) is 35.8 Å². The van der Waals surface area contributed by atoms with Crippen LogP contribution in [0.25, 0.3) is 0 Å². The molecule has 0 N–H and O–H groups in total. The van der Waals surface area contributed by atoms with Crippen molar-refractivity contribution >= 4 is 11.8 Å². The van der Waals surface area contributed by atoms with Crippen LogP contribution >= 0.6 is 0 Å². The van der Waals surface area contributed by atoms with E-state index in [9.17, 15) is 14.0 Å². The first-order chi connectivity index (χ1) is 11.0. The van der Waals surface area contributed by atoms with Crippen LogP contribution in [-0.2, 0) is 20.9 Å². The third kappa shape index (κ3) is 2.47. The van der Waals surface area contributed by atoms with Crippen molar-refractivity contribution in [2.45, 2.75) is 51.2 Å². The molecular weight excluding hydrogens is 297 g/mol. The highest BCUT2D eigenvalue weighted by Gasteiger charge is 2.60. The number of nitrogens with zero attached hydrogens (tertiary/aromatic N) is 1. The van der Waals surface area contributed by atoms with E-state index in [1.54, 1.807) is 12.1 Å². The molecule has 0 aromatic heterocycles. The quantitative estimate of drug-likeness (QED) is 0.632. The smallest absolute Gasteiger partial charge is 0.320 e. The number of carbonyl (C=O) groups excluding carboxylic acids is 2. The fourth-order valence-electron chi connectivity index (χ4n) is 4.32. The number of Topliss-reactive ketones (excluding diaryl/α,β-unsaturated/α-hetero) is 1. The second-order valence-corrected chi connectivity index (χ2v) is 6.49. The predicted octanol–water partition coefficient (Wildman–Crippen LogP) is 2.70. The van der Waals surface area contributed by atoms with Crippen molar-refractivity contribution in [2.75, 3.05) is 7.11 Å². The van der Waals surface area contributed by atoms with Gasteiger partial charge in [-0.15, -0.1) is 0 Å². The number of ketones is 1. The molecule has 2 fully saturated rings. The van der Waals surface area contributed by atoms with Crippen molar-refractivity contribution in [1.82, 2.24) is 4.90 Å². The molecule has 2 aliphatic heterocycles. The molecule has 2 bridgehead atoms. The summed E-state index contributed by atoms with van der Waals surface area (Å²) >= 11 is 0. The molecule has 1 aromatic carbocycles. The Bertz CT molecular complexity index is 615. The maximum atomic E-state index is 13.1. The number of esters is 1. The number of methoxy groups -OCH3 is 1. The van der Waals surface area contributed by atoms with Gasteiger partial charge in [0.2, 0.25) is 0 Å². The minimum Gasteiger partial charge on any atom is -0.468 e. The lowest BCUT2D eigenvalue weighted by atomic mass is 9.70. The van der Waals surface area contributed by atoms with Gasteiger partial charge < -0.3 is 4.74 Å². The fraction of sp³-hybridized carbons (Fsp3) is 0.556. The van der Waals surface area contributed by atoms with Crippen LogP contribution in [0.1, 0.15) is 38.2 Å². The summed E-state index contributed by atoms with van der Waals surface area (Å²) in [6, 6.07) is 6.45. The van der Waals surface area contributed by atoms with E-state index in [1.807, 2.05) is 6.92 Å².